The van der Waals surface area contributed by atoms with Crippen molar-refractivity contribution in [3.63, 3.8) is 0 Å². The van der Waals surface area contributed by atoms with Gasteiger partial charge in [-0.05, 0) is 29.7 Å². The molecule has 0 fully saturated rings. The van der Waals surface area contributed by atoms with Gasteiger partial charge in [0.25, 0.3) is 0 Å². The number of nitrogens with zero attached hydrogens (tertiary/aromatic N) is 1. The van der Waals surface area contributed by atoms with Crippen molar-refractivity contribution in [3.05, 3.63) is 78.4 Å². The maximum absolute atomic E-state index is 12.5. The second kappa shape index (κ2) is 7.59. The van der Waals surface area contributed by atoms with Crippen LogP contribution in [0.25, 0.3) is 11.3 Å². The number of benzene rings is 1. The first-order valence-corrected chi connectivity index (χ1v) is 8.08. The summed E-state index contributed by atoms with van der Waals surface area (Å²) in [5.41, 5.74) is 3.82. The van der Waals surface area contributed by atoms with Crippen molar-refractivity contribution in [2.75, 3.05) is 0 Å². The maximum atomic E-state index is 12.5. The third kappa shape index (κ3) is 3.71. The van der Waals surface area contributed by atoms with E-state index in [1.54, 1.807) is 18.7 Å². The lowest BCUT2D eigenvalue weighted by atomic mass is 9.95. The van der Waals surface area contributed by atoms with Gasteiger partial charge in [-0.3, -0.25) is 9.78 Å². The molecule has 0 aliphatic rings. The minimum Gasteiger partial charge on any atom is -0.472 e. The van der Waals surface area contributed by atoms with Gasteiger partial charge in [0.2, 0.25) is 5.91 Å². The van der Waals surface area contributed by atoms with Crippen LogP contribution in [-0.2, 0) is 11.3 Å². The van der Waals surface area contributed by atoms with Gasteiger partial charge in [0, 0.05) is 18.3 Å². The first kappa shape index (κ1) is 16.0. The van der Waals surface area contributed by atoms with Gasteiger partial charge >= 0.3 is 0 Å². The highest BCUT2D eigenvalue weighted by Gasteiger charge is 2.17. The Morgan fingerprint density at radius 3 is 2.62 bits per heavy atom. The van der Waals surface area contributed by atoms with Crippen molar-refractivity contribution in [1.82, 2.24) is 10.3 Å². The molecule has 0 aliphatic heterocycles. The Bertz CT molecular complexity index is 765. The summed E-state index contributed by atoms with van der Waals surface area (Å²) < 4.78 is 5.06. The lowest BCUT2D eigenvalue weighted by Crippen LogP contribution is -2.28. The molecule has 1 atom stereocenters. The number of amides is 1. The monoisotopic (exact) mass is 320 g/mol. The number of aromatic nitrogens is 1. The van der Waals surface area contributed by atoms with Gasteiger partial charge in [0.1, 0.15) is 0 Å². The molecule has 3 rings (SSSR count). The van der Waals surface area contributed by atoms with Crippen LogP contribution in [0.15, 0.2) is 71.7 Å². The third-order valence-corrected chi connectivity index (χ3v) is 4.04. The first-order valence-electron chi connectivity index (χ1n) is 8.08. The van der Waals surface area contributed by atoms with E-state index in [1.807, 2.05) is 55.5 Å². The van der Waals surface area contributed by atoms with Gasteiger partial charge in [0.15, 0.2) is 0 Å². The Kier molecular flexibility index (Phi) is 5.06. The second-order valence-electron chi connectivity index (χ2n) is 5.65. The first-order chi connectivity index (χ1) is 11.8. The molecule has 0 aliphatic carbocycles. The van der Waals surface area contributed by atoms with Gasteiger partial charge in [-0.1, -0.05) is 43.3 Å². The van der Waals surface area contributed by atoms with Gasteiger partial charge in [-0.2, -0.15) is 0 Å². The fourth-order valence-electron chi connectivity index (χ4n) is 2.68. The van der Waals surface area contributed by atoms with Gasteiger partial charge < -0.3 is 9.73 Å². The fourth-order valence-corrected chi connectivity index (χ4v) is 2.68. The number of nitrogens with one attached hydrogen (secondary N) is 1. The fraction of sp³-hybridized carbons (Fsp3) is 0.200. The van der Waals surface area contributed by atoms with E-state index in [9.17, 15) is 4.79 Å². The summed E-state index contributed by atoms with van der Waals surface area (Å²) in [5.74, 6) is -0.0769. The van der Waals surface area contributed by atoms with E-state index < -0.39 is 0 Å². The van der Waals surface area contributed by atoms with Gasteiger partial charge in [-0.15, -0.1) is 0 Å². The van der Waals surface area contributed by atoms with Crippen LogP contribution in [0.4, 0.5) is 0 Å². The summed E-state index contributed by atoms with van der Waals surface area (Å²) in [6.07, 6.45) is 5.84. The zero-order chi connectivity index (χ0) is 16.8. The summed E-state index contributed by atoms with van der Waals surface area (Å²) in [7, 11) is 0. The Morgan fingerprint density at radius 1 is 1.17 bits per heavy atom. The van der Waals surface area contributed by atoms with E-state index in [2.05, 4.69) is 10.3 Å². The average Bonchev–Trinajstić information content (AvgIpc) is 3.17. The third-order valence-electron chi connectivity index (χ3n) is 4.04. The van der Waals surface area contributed by atoms with Gasteiger partial charge in [-0.25, -0.2) is 0 Å². The Balaban J connectivity index is 1.61. The molecule has 1 aromatic carbocycles. The maximum Gasteiger partial charge on any atom is 0.227 e. The number of hydrogen-bond donors (Lipinski definition) is 1. The number of rotatable bonds is 6. The molecular formula is C20H20N2O2. The predicted octanol–water partition coefficient (Wildman–Crippen LogP) is 4.15. The van der Waals surface area contributed by atoms with E-state index in [0.29, 0.717) is 6.54 Å². The van der Waals surface area contributed by atoms with Crippen LogP contribution in [0.1, 0.15) is 30.4 Å². The van der Waals surface area contributed by atoms with Crippen LogP contribution in [0, 0.1) is 0 Å². The topological polar surface area (TPSA) is 55.1 Å². The standard InChI is InChI=1S/C20H20N2O2/c1-2-18(16-6-4-3-5-7-16)20(23)22-13-15-8-9-19(21-12-15)17-10-11-24-14-17/h3-12,14,18H,2,13H2,1H3,(H,22,23)/t18-/m0/s1. The Labute approximate surface area is 141 Å². The Hall–Kier alpha value is -2.88. The molecule has 0 spiro atoms. The minimum absolute atomic E-state index is 0.0441. The molecule has 3 aromatic rings. The summed E-state index contributed by atoms with van der Waals surface area (Å²) >= 11 is 0. The number of pyridine rings is 1. The predicted molar refractivity (Wildman–Crippen MR) is 93.3 cm³/mol. The molecule has 2 heterocycles. The largest absolute Gasteiger partial charge is 0.472 e. The van der Waals surface area contributed by atoms with Crippen molar-refractivity contribution < 1.29 is 9.21 Å². The molecule has 0 bridgehead atoms. The van der Waals surface area contributed by atoms with Crippen molar-refractivity contribution in [2.24, 2.45) is 0 Å². The molecule has 1 amide bonds. The molecule has 122 valence electrons. The van der Waals surface area contributed by atoms with Crippen LogP contribution in [0.5, 0.6) is 0 Å². The average molecular weight is 320 g/mol. The molecule has 0 unspecified atom stereocenters. The van der Waals surface area contributed by atoms with E-state index in [-0.39, 0.29) is 11.8 Å². The number of hydrogen-bond acceptors (Lipinski definition) is 3. The minimum atomic E-state index is -0.121. The lowest BCUT2D eigenvalue weighted by molar-refractivity contribution is -0.122. The van der Waals surface area contributed by atoms with Crippen molar-refractivity contribution in [2.45, 2.75) is 25.8 Å². The summed E-state index contributed by atoms with van der Waals surface area (Å²) in [5, 5.41) is 3.01. The molecule has 4 heteroatoms. The number of carbonyl (C=O) groups excluding carboxylic acids is 1. The smallest absolute Gasteiger partial charge is 0.227 e. The van der Waals surface area contributed by atoms with E-state index in [0.717, 1.165) is 28.8 Å². The highest BCUT2D eigenvalue weighted by atomic mass is 16.3. The van der Waals surface area contributed by atoms with Crippen LogP contribution in [0.3, 0.4) is 0 Å². The van der Waals surface area contributed by atoms with Crippen LogP contribution >= 0.6 is 0 Å². The SMILES string of the molecule is CC[C@H](C(=O)NCc1ccc(-c2ccoc2)nc1)c1ccccc1. The van der Waals surface area contributed by atoms with Crippen LogP contribution in [0.2, 0.25) is 0 Å². The lowest BCUT2D eigenvalue weighted by Gasteiger charge is -2.15. The molecule has 24 heavy (non-hydrogen) atoms. The molecule has 0 saturated carbocycles. The molecular weight excluding hydrogens is 300 g/mol. The van der Waals surface area contributed by atoms with Crippen molar-refractivity contribution in [1.29, 1.82) is 0 Å². The summed E-state index contributed by atoms with van der Waals surface area (Å²) in [6.45, 7) is 2.50. The highest BCUT2D eigenvalue weighted by Crippen LogP contribution is 2.20. The normalized spacial score (nSPS) is 11.9. The second-order valence-corrected chi connectivity index (χ2v) is 5.65. The van der Waals surface area contributed by atoms with E-state index in [4.69, 9.17) is 4.42 Å². The highest BCUT2D eigenvalue weighted by molar-refractivity contribution is 5.83. The van der Waals surface area contributed by atoms with E-state index in [1.165, 1.54) is 0 Å². The van der Waals surface area contributed by atoms with Crippen molar-refractivity contribution >= 4 is 5.91 Å². The zero-order valence-electron chi connectivity index (χ0n) is 13.6. The number of carbonyl (C=O) groups is 1. The summed E-state index contributed by atoms with van der Waals surface area (Å²) in [4.78, 5) is 16.9. The quantitative estimate of drug-likeness (QED) is 0.742. The Morgan fingerprint density at radius 2 is 2.00 bits per heavy atom. The molecule has 4 nitrogen and oxygen atoms in total. The number of furan rings is 1. The van der Waals surface area contributed by atoms with Gasteiger partial charge in [0.05, 0.1) is 24.1 Å². The zero-order valence-corrected chi connectivity index (χ0v) is 13.6. The molecule has 1 N–H and O–H groups in total. The van der Waals surface area contributed by atoms with Crippen molar-refractivity contribution in [3.8, 4) is 11.3 Å². The molecule has 2 aromatic heterocycles. The molecule has 0 radical (unpaired) electrons. The summed E-state index contributed by atoms with van der Waals surface area (Å²) in [6, 6.07) is 15.6. The van der Waals surface area contributed by atoms with Crippen LogP contribution in [-0.4, -0.2) is 10.9 Å². The van der Waals surface area contributed by atoms with Crippen LogP contribution < -0.4 is 5.32 Å². The van der Waals surface area contributed by atoms with E-state index >= 15 is 0 Å². The molecule has 0 saturated heterocycles.